The molecule has 4 rings (SSSR count). The molecule has 2 aliphatic rings. The topological polar surface area (TPSA) is 102 Å². The van der Waals surface area contributed by atoms with Crippen LogP contribution in [-0.2, 0) is 4.74 Å². The summed E-state index contributed by atoms with van der Waals surface area (Å²) in [4.78, 5) is 20.2. The second-order valence-electron chi connectivity index (χ2n) is 6.90. The summed E-state index contributed by atoms with van der Waals surface area (Å²) in [6.45, 7) is 5.06. The molecule has 8 heteroatoms. The van der Waals surface area contributed by atoms with Gasteiger partial charge in [0.1, 0.15) is 5.52 Å². The molecule has 0 aliphatic carbocycles. The molecular formula is C19H25N7O. The Kier molecular flexibility index (Phi) is 5.55. The SMILES string of the molecule is NC(=CC=Nc1nc(N2CCOCC2)c2ncccc2n1)CC1CCNC1. The molecule has 0 saturated carbocycles. The van der Waals surface area contributed by atoms with Gasteiger partial charge >= 0.3 is 0 Å². The van der Waals surface area contributed by atoms with Gasteiger partial charge in [0.05, 0.1) is 18.7 Å². The Bertz CT molecular complexity index is 839. The van der Waals surface area contributed by atoms with E-state index in [1.807, 2.05) is 18.2 Å². The maximum atomic E-state index is 6.12. The Balaban J connectivity index is 1.55. The summed E-state index contributed by atoms with van der Waals surface area (Å²) in [5.74, 6) is 1.85. The maximum absolute atomic E-state index is 6.12. The smallest absolute Gasteiger partial charge is 0.251 e. The van der Waals surface area contributed by atoms with Crippen LogP contribution in [0.5, 0.6) is 0 Å². The third-order valence-electron chi connectivity index (χ3n) is 4.90. The van der Waals surface area contributed by atoms with E-state index >= 15 is 0 Å². The van der Waals surface area contributed by atoms with E-state index in [-0.39, 0.29) is 0 Å². The minimum atomic E-state index is 0.420. The van der Waals surface area contributed by atoms with Crippen molar-refractivity contribution >= 4 is 29.0 Å². The minimum Gasteiger partial charge on any atom is -0.402 e. The quantitative estimate of drug-likeness (QED) is 0.770. The average Bonchev–Trinajstić information content (AvgIpc) is 3.21. The number of anilines is 1. The summed E-state index contributed by atoms with van der Waals surface area (Å²) in [6, 6.07) is 3.81. The fraction of sp³-hybridized carbons (Fsp3) is 0.474. The monoisotopic (exact) mass is 367 g/mol. The molecule has 8 nitrogen and oxygen atoms in total. The highest BCUT2D eigenvalue weighted by molar-refractivity contribution is 5.87. The van der Waals surface area contributed by atoms with Gasteiger partial charge in [-0.05, 0) is 50.1 Å². The Labute approximate surface area is 158 Å². The Morgan fingerprint density at radius 3 is 3.07 bits per heavy atom. The molecule has 0 bridgehead atoms. The minimum absolute atomic E-state index is 0.420. The molecule has 1 unspecified atom stereocenters. The number of rotatable bonds is 5. The fourth-order valence-electron chi connectivity index (χ4n) is 3.48. The van der Waals surface area contributed by atoms with Gasteiger partial charge in [0.15, 0.2) is 5.82 Å². The lowest BCUT2D eigenvalue weighted by Gasteiger charge is -2.28. The van der Waals surface area contributed by atoms with Crippen LogP contribution in [0.1, 0.15) is 12.8 Å². The first kappa shape index (κ1) is 17.8. The van der Waals surface area contributed by atoms with Crippen LogP contribution in [0.25, 0.3) is 11.0 Å². The van der Waals surface area contributed by atoms with Crippen LogP contribution in [0.15, 0.2) is 35.1 Å². The first-order valence-electron chi connectivity index (χ1n) is 9.44. The number of allylic oxidation sites excluding steroid dienone is 2. The molecule has 0 amide bonds. The van der Waals surface area contributed by atoms with Crippen molar-refractivity contribution in [2.24, 2.45) is 16.6 Å². The number of pyridine rings is 1. The van der Waals surface area contributed by atoms with Crippen molar-refractivity contribution in [1.82, 2.24) is 20.3 Å². The van der Waals surface area contributed by atoms with Crippen molar-refractivity contribution in [3.05, 3.63) is 30.1 Å². The lowest BCUT2D eigenvalue weighted by Crippen LogP contribution is -2.37. The van der Waals surface area contributed by atoms with Gasteiger partial charge < -0.3 is 20.7 Å². The van der Waals surface area contributed by atoms with Crippen LogP contribution in [0.4, 0.5) is 11.8 Å². The van der Waals surface area contributed by atoms with Gasteiger partial charge in [-0.1, -0.05) is 0 Å². The molecule has 2 aromatic rings. The molecule has 0 spiro atoms. The van der Waals surface area contributed by atoms with E-state index in [9.17, 15) is 0 Å². The van der Waals surface area contributed by atoms with Crippen LogP contribution < -0.4 is 16.0 Å². The van der Waals surface area contributed by atoms with Gasteiger partial charge in [-0.3, -0.25) is 4.98 Å². The second kappa shape index (κ2) is 8.41. The van der Waals surface area contributed by atoms with Gasteiger partial charge in [-0.25, -0.2) is 9.98 Å². The summed E-state index contributed by atoms with van der Waals surface area (Å²) >= 11 is 0. The summed E-state index contributed by atoms with van der Waals surface area (Å²) < 4.78 is 5.45. The molecule has 2 aliphatic heterocycles. The number of nitrogens with two attached hydrogens (primary N) is 1. The van der Waals surface area contributed by atoms with Gasteiger partial charge in [0.2, 0.25) is 0 Å². The Morgan fingerprint density at radius 1 is 1.37 bits per heavy atom. The maximum Gasteiger partial charge on any atom is 0.251 e. The average molecular weight is 367 g/mol. The zero-order chi connectivity index (χ0) is 18.5. The molecule has 2 saturated heterocycles. The van der Waals surface area contributed by atoms with Crippen LogP contribution >= 0.6 is 0 Å². The van der Waals surface area contributed by atoms with Gasteiger partial charge in [-0.15, -0.1) is 0 Å². The van der Waals surface area contributed by atoms with E-state index in [0.717, 1.165) is 55.1 Å². The van der Waals surface area contributed by atoms with Crippen molar-refractivity contribution in [3.63, 3.8) is 0 Å². The Morgan fingerprint density at radius 2 is 2.26 bits per heavy atom. The molecule has 2 fully saturated rings. The van der Waals surface area contributed by atoms with Crippen LogP contribution in [0, 0.1) is 5.92 Å². The van der Waals surface area contributed by atoms with Crippen molar-refractivity contribution < 1.29 is 4.74 Å². The number of hydrogen-bond donors (Lipinski definition) is 2. The van der Waals surface area contributed by atoms with E-state index in [2.05, 4.69) is 30.2 Å². The van der Waals surface area contributed by atoms with Crippen molar-refractivity contribution in [1.29, 1.82) is 0 Å². The lowest BCUT2D eigenvalue weighted by molar-refractivity contribution is 0.122. The Hall–Kier alpha value is -2.58. The highest BCUT2D eigenvalue weighted by atomic mass is 16.5. The van der Waals surface area contributed by atoms with E-state index in [1.165, 1.54) is 6.42 Å². The molecule has 3 N–H and O–H groups in total. The number of nitrogens with zero attached hydrogens (tertiary/aromatic N) is 5. The van der Waals surface area contributed by atoms with Crippen molar-refractivity contribution in [2.75, 3.05) is 44.3 Å². The highest BCUT2D eigenvalue weighted by Crippen LogP contribution is 2.25. The number of fused-ring (bicyclic) bond motifs is 1. The van der Waals surface area contributed by atoms with Gasteiger partial charge in [0, 0.05) is 31.2 Å². The lowest BCUT2D eigenvalue weighted by atomic mass is 10.0. The summed E-state index contributed by atoms with van der Waals surface area (Å²) in [5, 5.41) is 3.36. The number of ether oxygens (including phenoxy) is 1. The van der Waals surface area contributed by atoms with Crippen molar-refractivity contribution in [2.45, 2.75) is 12.8 Å². The first-order chi connectivity index (χ1) is 13.3. The van der Waals surface area contributed by atoms with E-state index in [1.54, 1.807) is 12.4 Å². The molecule has 0 radical (unpaired) electrons. The van der Waals surface area contributed by atoms with Gasteiger partial charge in [-0.2, -0.15) is 4.98 Å². The molecule has 142 valence electrons. The molecule has 27 heavy (non-hydrogen) atoms. The summed E-state index contributed by atoms with van der Waals surface area (Å²) in [6.07, 6.45) is 7.37. The number of morpholine rings is 1. The predicted molar refractivity (Wildman–Crippen MR) is 106 cm³/mol. The normalized spacial score (nSPS) is 21.4. The van der Waals surface area contributed by atoms with E-state index in [4.69, 9.17) is 10.5 Å². The molecule has 0 aromatic carbocycles. The summed E-state index contributed by atoms with van der Waals surface area (Å²) in [7, 11) is 0. The summed E-state index contributed by atoms with van der Waals surface area (Å²) in [5.41, 5.74) is 8.54. The van der Waals surface area contributed by atoms with E-state index < -0.39 is 0 Å². The molecule has 4 heterocycles. The first-order valence-corrected chi connectivity index (χ1v) is 9.44. The number of nitrogens with one attached hydrogen (secondary N) is 1. The van der Waals surface area contributed by atoms with Crippen LogP contribution in [-0.4, -0.2) is 60.6 Å². The molecule has 1 atom stereocenters. The zero-order valence-electron chi connectivity index (χ0n) is 15.3. The predicted octanol–water partition coefficient (Wildman–Crippen LogP) is 1.41. The molecule has 2 aromatic heterocycles. The third kappa shape index (κ3) is 4.40. The largest absolute Gasteiger partial charge is 0.402 e. The second-order valence-corrected chi connectivity index (χ2v) is 6.90. The number of hydrogen-bond acceptors (Lipinski definition) is 8. The van der Waals surface area contributed by atoms with Crippen molar-refractivity contribution in [3.8, 4) is 0 Å². The molecular weight excluding hydrogens is 342 g/mol. The fourth-order valence-corrected chi connectivity index (χ4v) is 3.48. The van der Waals surface area contributed by atoms with Crippen LogP contribution in [0.2, 0.25) is 0 Å². The number of aliphatic imine (C=N–C) groups is 1. The van der Waals surface area contributed by atoms with E-state index in [0.29, 0.717) is 25.1 Å². The zero-order valence-corrected chi connectivity index (χ0v) is 15.3. The number of aromatic nitrogens is 3. The third-order valence-corrected chi connectivity index (χ3v) is 4.90. The van der Waals surface area contributed by atoms with Gasteiger partial charge in [0.25, 0.3) is 5.95 Å². The highest BCUT2D eigenvalue weighted by Gasteiger charge is 2.18. The van der Waals surface area contributed by atoms with Crippen LogP contribution in [0.3, 0.4) is 0 Å². The standard InChI is InChI=1S/C19H25N7O/c20-15(12-14-3-6-21-13-14)4-7-23-19-24-16-2-1-5-22-17(16)18(25-19)26-8-10-27-11-9-26/h1-2,4-5,7,14,21H,3,6,8-13,20H2.